The van der Waals surface area contributed by atoms with Gasteiger partial charge in [-0.05, 0) is 47.6 Å². The fourth-order valence-electron chi connectivity index (χ4n) is 3.94. The third-order valence-corrected chi connectivity index (χ3v) is 5.57. The third kappa shape index (κ3) is 3.99. The van der Waals surface area contributed by atoms with Crippen LogP contribution >= 0.6 is 0 Å². The van der Waals surface area contributed by atoms with Crippen LogP contribution in [-0.4, -0.2) is 32.7 Å². The minimum Gasteiger partial charge on any atom is -0.393 e. The van der Waals surface area contributed by atoms with Crippen LogP contribution < -0.4 is 0 Å². The van der Waals surface area contributed by atoms with E-state index in [1.54, 1.807) is 24.3 Å². The van der Waals surface area contributed by atoms with Crippen molar-refractivity contribution in [2.75, 3.05) is 6.61 Å². The number of carbonyl (C=O) groups excluding carboxylic acids is 1. The van der Waals surface area contributed by atoms with Gasteiger partial charge in [-0.1, -0.05) is 42.4 Å². The largest absolute Gasteiger partial charge is 0.393 e. The number of aromatic nitrogens is 2. The number of rotatable bonds is 7. The summed E-state index contributed by atoms with van der Waals surface area (Å²) in [7, 11) is 0. The highest BCUT2D eigenvalue weighted by atomic mass is 16.5. The van der Waals surface area contributed by atoms with Crippen LogP contribution in [-0.2, 0) is 12.8 Å². The molecule has 1 heterocycles. The van der Waals surface area contributed by atoms with Gasteiger partial charge in [0.15, 0.2) is 5.78 Å². The molecule has 2 N–H and O–H groups in total. The van der Waals surface area contributed by atoms with Crippen LogP contribution in [0.1, 0.15) is 64.7 Å². The fraction of sp³-hybridized carbons (Fsp3) is 0.348. The third-order valence-electron chi connectivity index (χ3n) is 5.57. The summed E-state index contributed by atoms with van der Waals surface area (Å²) in [5.74, 6) is 1.44. The first-order valence-corrected chi connectivity index (χ1v) is 9.97. The fourth-order valence-corrected chi connectivity index (χ4v) is 3.94. The van der Waals surface area contributed by atoms with Crippen LogP contribution in [0.2, 0.25) is 0 Å². The van der Waals surface area contributed by atoms with Gasteiger partial charge >= 0.3 is 0 Å². The molecule has 0 saturated carbocycles. The van der Waals surface area contributed by atoms with Crippen LogP contribution in [0, 0.1) is 0 Å². The zero-order chi connectivity index (χ0) is 20.4. The van der Waals surface area contributed by atoms with Gasteiger partial charge < -0.3 is 14.7 Å². The first-order chi connectivity index (χ1) is 14.1. The molecular formula is C23H24N2O4. The first-order valence-electron chi connectivity index (χ1n) is 9.97. The molecule has 0 bridgehead atoms. The Kier molecular flexibility index (Phi) is 5.56. The van der Waals surface area contributed by atoms with E-state index >= 15 is 0 Å². The summed E-state index contributed by atoms with van der Waals surface area (Å²) in [5.41, 5.74) is 4.49. The predicted octanol–water partition coefficient (Wildman–Crippen LogP) is 3.63. The van der Waals surface area contributed by atoms with E-state index in [0.717, 1.165) is 18.4 Å². The Morgan fingerprint density at radius 1 is 1.28 bits per heavy atom. The van der Waals surface area contributed by atoms with Gasteiger partial charge in [0.1, 0.15) is 6.10 Å². The van der Waals surface area contributed by atoms with Crippen molar-refractivity contribution in [1.82, 2.24) is 10.1 Å². The minimum absolute atomic E-state index is 0.0460. The van der Waals surface area contributed by atoms with E-state index in [2.05, 4.69) is 22.3 Å². The van der Waals surface area contributed by atoms with Crippen LogP contribution in [0.5, 0.6) is 0 Å². The Hall–Kier alpha value is -2.83. The summed E-state index contributed by atoms with van der Waals surface area (Å²) in [6.07, 6.45) is 2.01. The summed E-state index contributed by atoms with van der Waals surface area (Å²) in [5, 5.41) is 23.0. The molecule has 1 aliphatic carbocycles. The molecule has 1 aliphatic rings. The predicted molar refractivity (Wildman–Crippen MR) is 108 cm³/mol. The van der Waals surface area contributed by atoms with Crippen molar-refractivity contribution in [1.29, 1.82) is 0 Å². The maximum Gasteiger partial charge on any atom is 0.226 e. The number of aryl methyl sites for hydroxylation is 2. The highest BCUT2D eigenvalue weighted by Crippen LogP contribution is 2.38. The monoisotopic (exact) mass is 392 g/mol. The maximum atomic E-state index is 12.8. The molecule has 6 heteroatoms. The summed E-state index contributed by atoms with van der Waals surface area (Å²) < 4.78 is 5.21. The topological polar surface area (TPSA) is 96.5 Å². The second-order valence-electron chi connectivity index (χ2n) is 7.47. The summed E-state index contributed by atoms with van der Waals surface area (Å²) in [4.78, 5) is 17.2. The molecule has 3 aromatic rings. The summed E-state index contributed by atoms with van der Waals surface area (Å²) >= 11 is 0. The number of nitrogens with zero attached hydrogens (tertiary/aromatic N) is 2. The molecule has 4 rings (SSSR count). The lowest BCUT2D eigenvalue weighted by molar-refractivity contribution is 0.0944. The van der Waals surface area contributed by atoms with E-state index in [0.29, 0.717) is 35.7 Å². The Balaban J connectivity index is 1.50. The first kappa shape index (κ1) is 19.5. The molecule has 2 aromatic carbocycles. The second-order valence-corrected chi connectivity index (χ2v) is 7.47. The van der Waals surface area contributed by atoms with Gasteiger partial charge in [0.05, 0.1) is 6.61 Å². The van der Waals surface area contributed by atoms with Crippen molar-refractivity contribution < 1.29 is 19.5 Å². The number of benzene rings is 2. The van der Waals surface area contributed by atoms with E-state index < -0.39 is 6.10 Å². The van der Waals surface area contributed by atoms with E-state index in [1.165, 1.54) is 11.1 Å². The molecule has 0 spiro atoms. The summed E-state index contributed by atoms with van der Waals surface area (Å²) in [6.45, 7) is 1.61. The number of aliphatic hydroxyl groups excluding tert-OH is 2. The standard InChI is InChI=1S/C23H24N2O4/c1-2-22-24-23(25-29-22)18-8-9-19-14(10-18)6-7-15(19)12-20(27)16-4-3-5-17(11-16)21(28)13-26/h3-5,8-11,15,21,26,28H,2,6-7,12-13H2,1H3/t15-,21?/m0/s1. The number of carbonyl (C=O) groups is 1. The van der Waals surface area contributed by atoms with Gasteiger partial charge in [-0.15, -0.1) is 0 Å². The molecule has 150 valence electrons. The van der Waals surface area contributed by atoms with Crippen molar-refractivity contribution in [3.05, 3.63) is 70.6 Å². The Morgan fingerprint density at radius 3 is 2.90 bits per heavy atom. The van der Waals surface area contributed by atoms with Gasteiger partial charge in [0.25, 0.3) is 0 Å². The Morgan fingerprint density at radius 2 is 2.14 bits per heavy atom. The van der Waals surface area contributed by atoms with Gasteiger partial charge in [0.2, 0.25) is 11.7 Å². The molecule has 29 heavy (non-hydrogen) atoms. The Labute approximate surface area is 169 Å². The highest BCUT2D eigenvalue weighted by molar-refractivity contribution is 5.96. The van der Waals surface area contributed by atoms with E-state index in [9.17, 15) is 9.90 Å². The van der Waals surface area contributed by atoms with E-state index in [4.69, 9.17) is 9.63 Å². The SMILES string of the molecule is CCc1nc(-c2ccc3c(c2)CC[C@H]3CC(=O)c2cccc(C(O)CO)c2)no1. The summed E-state index contributed by atoms with van der Waals surface area (Å²) in [6, 6.07) is 13.0. The lowest BCUT2D eigenvalue weighted by Gasteiger charge is -2.13. The van der Waals surface area contributed by atoms with Gasteiger partial charge in [-0.3, -0.25) is 4.79 Å². The van der Waals surface area contributed by atoms with E-state index in [-0.39, 0.29) is 18.3 Å². The van der Waals surface area contributed by atoms with Crippen molar-refractivity contribution in [3.63, 3.8) is 0 Å². The highest BCUT2D eigenvalue weighted by Gasteiger charge is 2.26. The van der Waals surface area contributed by atoms with Crippen molar-refractivity contribution in [2.24, 2.45) is 0 Å². The van der Waals surface area contributed by atoms with Crippen LogP contribution in [0.25, 0.3) is 11.4 Å². The zero-order valence-corrected chi connectivity index (χ0v) is 16.3. The zero-order valence-electron chi connectivity index (χ0n) is 16.3. The average molecular weight is 392 g/mol. The molecule has 1 aromatic heterocycles. The van der Waals surface area contributed by atoms with Crippen LogP contribution in [0.4, 0.5) is 0 Å². The van der Waals surface area contributed by atoms with Crippen molar-refractivity contribution >= 4 is 5.78 Å². The number of ketones is 1. The quantitative estimate of drug-likeness (QED) is 0.596. The number of hydrogen-bond acceptors (Lipinski definition) is 6. The second kappa shape index (κ2) is 8.27. The molecule has 0 aliphatic heterocycles. The molecular weight excluding hydrogens is 368 g/mol. The lowest BCUT2D eigenvalue weighted by Crippen LogP contribution is -2.08. The van der Waals surface area contributed by atoms with Gasteiger partial charge in [-0.25, -0.2) is 0 Å². The molecule has 0 saturated heterocycles. The molecule has 0 fully saturated rings. The Bertz CT molecular complexity index is 1030. The number of Topliss-reactive ketones (excluding diaryl/α,β-unsaturated/α-hetero) is 1. The van der Waals surface area contributed by atoms with Crippen molar-refractivity contribution in [2.45, 2.75) is 44.6 Å². The normalized spacial score (nSPS) is 16.6. The number of hydrogen-bond donors (Lipinski definition) is 2. The van der Waals surface area contributed by atoms with Crippen LogP contribution in [0.15, 0.2) is 47.0 Å². The van der Waals surface area contributed by atoms with Crippen molar-refractivity contribution in [3.8, 4) is 11.4 Å². The number of fused-ring (bicyclic) bond motifs is 1. The van der Waals surface area contributed by atoms with Gasteiger partial charge in [-0.2, -0.15) is 4.98 Å². The molecule has 1 unspecified atom stereocenters. The van der Waals surface area contributed by atoms with Crippen LogP contribution in [0.3, 0.4) is 0 Å². The maximum absolute atomic E-state index is 12.8. The van der Waals surface area contributed by atoms with Gasteiger partial charge in [0, 0.05) is 24.0 Å². The average Bonchev–Trinajstić information content (AvgIpc) is 3.40. The molecule has 6 nitrogen and oxygen atoms in total. The smallest absolute Gasteiger partial charge is 0.226 e. The molecule has 2 atom stereocenters. The molecule has 0 radical (unpaired) electrons. The minimum atomic E-state index is -0.966. The number of aliphatic hydroxyl groups is 2. The lowest BCUT2D eigenvalue weighted by atomic mass is 9.92. The van der Waals surface area contributed by atoms with E-state index in [1.807, 2.05) is 13.0 Å². The molecule has 0 amide bonds.